The van der Waals surface area contributed by atoms with Gasteiger partial charge in [0.25, 0.3) is 5.91 Å². The zero-order chi connectivity index (χ0) is 28.7. The topological polar surface area (TPSA) is 98.0 Å². The molecule has 2 atom stereocenters. The number of anilines is 3. The number of carbonyl (C=O) groups excluding carboxylic acids is 1. The summed E-state index contributed by atoms with van der Waals surface area (Å²) in [4.78, 5) is 37.9. The summed E-state index contributed by atoms with van der Waals surface area (Å²) in [5.41, 5.74) is 11.4. The van der Waals surface area contributed by atoms with Crippen LogP contribution in [0.4, 0.5) is 17.6 Å². The summed E-state index contributed by atoms with van der Waals surface area (Å²) in [5.74, 6) is 2.10. The van der Waals surface area contributed by atoms with E-state index in [2.05, 4.69) is 86.9 Å². The molecule has 5 heterocycles. The lowest BCUT2D eigenvalue weighted by atomic mass is 9.92. The second-order valence-corrected chi connectivity index (χ2v) is 12.0. The van der Waals surface area contributed by atoms with Gasteiger partial charge in [0.05, 0.1) is 0 Å². The van der Waals surface area contributed by atoms with Gasteiger partial charge in [0.1, 0.15) is 17.3 Å². The zero-order valence-electron chi connectivity index (χ0n) is 24.6. The van der Waals surface area contributed by atoms with Gasteiger partial charge in [-0.1, -0.05) is 18.2 Å². The highest BCUT2D eigenvalue weighted by Crippen LogP contribution is 2.32. The van der Waals surface area contributed by atoms with Gasteiger partial charge in [-0.05, 0) is 69.7 Å². The van der Waals surface area contributed by atoms with Crippen molar-refractivity contribution < 1.29 is 4.79 Å². The summed E-state index contributed by atoms with van der Waals surface area (Å²) in [6.45, 7) is 8.40. The van der Waals surface area contributed by atoms with Gasteiger partial charge in [-0.25, -0.2) is 0 Å². The molecule has 10 nitrogen and oxygen atoms in total. The largest absolute Gasteiger partial charge is 0.368 e. The fraction of sp³-hybridized carbons (Fsp3) is 0.484. The molecule has 3 aliphatic rings. The van der Waals surface area contributed by atoms with Gasteiger partial charge >= 0.3 is 0 Å². The first-order valence-electron chi connectivity index (χ1n) is 14.6. The van der Waals surface area contributed by atoms with Crippen LogP contribution in [-0.2, 0) is 13.0 Å². The Kier molecular flexibility index (Phi) is 7.52. The first-order valence-corrected chi connectivity index (χ1v) is 14.6. The van der Waals surface area contributed by atoms with Crippen LogP contribution in [0.1, 0.15) is 35.0 Å². The molecule has 0 spiro atoms. The zero-order valence-corrected chi connectivity index (χ0v) is 24.6. The average molecular weight is 556 g/mol. The van der Waals surface area contributed by atoms with E-state index in [1.54, 1.807) is 0 Å². The molecule has 3 aromatic rings. The number of aromatic nitrogens is 3. The van der Waals surface area contributed by atoms with E-state index in [0.717, 1.165) is 81.4 Å². The molecule has 1 amide bonds. The maximum atomic E-state index is 13.0. The first-order chi connectivity index (χ1) is 19.7. The Morgan fingerprint density at radius 2 is 1.71 bits per heavy atom. The molecule has 2 aromatic heterocycles. The minimum atomic E-state index is 0.0102. The lowest BCUT2D eigenvalue weighted by Gasteiger charge is -2.37. The summed E-state index contributed by atoms with van der Waals surface area (Å²) < 4.78 is 0. The Morgan fingerprint density at radius 1 is 0.951 bits per heavy atom. The van der Waals surface area contributed by atoms with E-state index in [0.29, 0.717) is 17.7 Å². The van der Waals surface area contributed by atoms with E-state index < -0.39 is 0 Å². The van der Waals surface area contributed by atoms with Gasteiger partial charge in [0.2, 0.25) is 5.95 Å². The molecule has 3 aliphatic heterocycles. The molecule has 41 heavy (non-hydrogen) atoms. The average Bonchev–Trinajstić information content (AvgIpc) is 3.47. The van der Waals surface area contributed by atoms with Crippen LogP contribution >= 0.6 is 0 Å². The van der Waals surface area contributed by atoms with Crippen LogP contribution in [0.15, 0.2) is 42.6 Å². The van der Waals surface area contributed by atoms with Crippen LogP contribution in [0.5, 0.6) is 0 Å². The lowest BCUT2D eigenvalue weighted by molar-refractivity contribution is 0.0777. The minimum absolute atomic E-state index is 0.0102. The van der Waals surface area contributed by atoms with E-state index in [-0.39, 0.29) is 11.9 Å². The number of nitrogen functional groups attached to an aromatic ring is 1. The molecular formula is C31H41N9O. The van der Waals surface area contributed by atoms with Crippen molar-refractivity contribution >= 4 is 23.5 Å². The predicted molar refractivity (Wildman–Crippen MR) is 163 cm³/mol. The Morgan fingerprint density at radius 3 is 2.41 bits per heavy atom. The second-order valence-electron chi connectivity index (χ2n) is 12.0. The molecule has 0 aliphatic carbocycles. The molecule has 2 saturated heterocycles. The Labute approximate surface area is 242 Å². The summed E-state index contributed by atoms with van der Waals surface area (Å²) in [7, 11) is 6.29. The van der Waals surface area contributed by atoms with Crippen LogP contribution < -0.4 is 15.5 Å². The van der Waals surface area contributed by atoms with Crippen LogP contribution in [0.2, 0.25) is 0 Å². The summed E-state index contributed by atoms with van der Waals surface area (Å²) in [5, 5.41) is 0. The number of likely N-dealkylation sites (tertiary alicyclic amines) is 1. The van der Waals surface area contributed by atoms with Gasteiger partial charge in [-0.2, -0.15) is 9.97 Å². The fourth-order valence-corrected chi connectivity index (χ4v) is 6.21. The SMILES string of the molecule is CC1Cc2ccc(-c3ccc(C(=O)N4CCC(N(C)C)C4)nc3)cc2CN1c1cc(N2CCN(C)CC2)nc(N)n1. The standard InChI is InChI=1S/C31H41N9O/c1-21-15-22-5-6-23(24-7-8-27(33-18-24)30(41)39-10-9-26(20-39)36(2)3)16-25(22)19-40(21)29-17-28(34-31(32)35-29)38-13-11-37(4)12-14-38/h5-8,16-18,21,26H,9-15,19-20H2,1-4H3,(H2,32,34,35). The summed E-state index contributed by atoms with van der Waals surface area (Å²) in [6.07, 6.45) is 3.75. The summed E-state index contributed by atoms with van der Waals surface area (Å²) >= 11 is 0. The van der Waals surface area contributed by atoms with E-state index in [1.807, 2.05) is 23.2 Å². The molecule has 2 fully saturated rings. The lowest BCUT2D eigenvalue weighted by Crippen LogP contribution is -2.45. The number of nitrogens with two attached hydrogens (primary N) is 1. The van der Waals surface area contributed by atoms with E-state index >= 15 is 0 Å². The number of amides is 1. The summed E-state index contributed by atoms with van der Waals surface area (Å²) in [6, 6.07) is 13.3. The molecule has 0 bridgehead atoms. The number of likely N-dealkylation sites (N-methyl/N-ethyl adjacent to an activating group) is 2. The number of carbonyl (C=O) groups is 1. The van der Waals surface area contributed by atoms with Crippen molar-refractivity contribution in [2.24, 2.45) is 0 Å². The van der Waals surface area contributed by atoms with Crippen LogP contribution in [0.25, 0.3) is 11.1 Å². The van der Waals surface area contributed by atoms with Crippen molar-refractivity contribution in [3.05, 3.63) is 59.4 Å². The monoisotopic (exact) mass is 555 g/mol. The van der Waals surface area contributed by atoms with Crippen molar-refractivity contribution in [2.45, 2.75) is 38.4 Å². The third-order valence-corrected chi connectivity index (χ3v) is 8.93. The highest BCUT2D eigenvalue weighted by molar-refractivity contribution is 5.92. The van der Waals surface area contributed by atoms with Gasteiger partial charge in [0, 0.05) is 75.7 Å². The molecule has 0 radical (unpaired) electrons. The van der Waals surface area contributed by atoms with Crippen molar-refractivity contribution in [1.82, 2.24) is 29.7 Å². The Bertz CT molecular complexity index is 1400. The molecule has 10 heteroatoms. The number of pyridine rings is 1. The van der Waals surface area contributed by atoms with Gasteiger partial charge in [0.15, 0.2) is 0 Å². The first kappa shape index (κ1) is 27.4. The number of nitrogens with zero attached hydrogens (tertiary/aromatic N) is 8. The molecule has 6 rings (SSSR count). The fourth-order valence-electron chi connectivity index (χ4n) is 6.21. The van der Waals surface area contributed by atoms with Crippen LogP contribution in [0.3, 0.4) is 0 Å². The second kappa shape index (κ2) is 11.3. The van der Waals surface area contributed by atoms with Crippen molar-refractivity contribution in [3.8, 4) is 11.1 Å². The predicted octanol–water partition coefficient (Wildman–Crippen LogP) is 2.60. The number of fused-ring (bicyclic) bond motifs is 1. The number of benzene rings is 1. The third kappa shape index (κ3) is 5.71. The van der Waals surface area contributed by atoms with Gasteiger partial charge in [-0.3, -0.25) is 9.78 Å². The molecule has 1 aromatic carbocycles. The molecular weight excluding hydrogens is 514 g/mol. The van der Waals surface area contributed by atoms with Crippen molar-refractivity contribution in [2.75, 3.05) is 75.9 Å². The minimum Gasteiger partial charge on any atom is -0.368 e. The highest BCUT2D eigenvalue weighted by atomic mass is 16.2. The Balaban J connectivity index is 1.19. The van der Waals surface area contributed by atoms with Crippen LogP contribution in [-0.4, -0.2) is 108 Å². The number of hydrogen-bond donors (Lipinski definition) is 1. The maximum absolute atomic E-state index is 13.0. The van der Waals surface area contributed by atoms with E-state index in [1.165, 1.54) is 11.1 Å². The smallest absolute Gasteiger partial charge is 0.272 e. The van der Waals surface area contributed by atoms with Gasteiger partial charge < -0.3 is 30.2 Å². The normalized spacial score (nSPS) is 21.4. The molecule has 216 valence electrons. The van der Waals surface area contributed by atoms with E-state index in [9.17, 15) is 4.79 Å². The maximum Gasteiger partial charge on any atom is 0.272 e. The van der Waals surface area contributed by atoms with Crippen molar-refractivity contribution in [1.29, 1.82) is 0 Å². The Hall–Kier alpha value is -3.76. The molecule has 0 saturated carbocycles. The number of hydrogen-bond acceptors (Lipinski definition) is 9. The number of piperazine rings is 1. The number of rotatable bonds is 5. The van der Waals surface area contributed by atoms with Crippen LogP contribution in [0, 0.1) is 0 Å². The quantitative estimate of drug-likeness (QED) is 0.509. The third-order valence-electron chi connectivity index (χ3n) is 8.93. The van der Waals surface area contributed by atoms with Crippen molar-refractivity contribution in [3.63, 3.8) is 0 Å². The van der Waals surface area contributed by atoms with E-state index in [4.69, 9.17) is 5.73 Å². The molecule has 2 unspecified atom stereocenters. The highest BCUT2D eigenvalue weighted by Gasteiger charge is 2.29. The van der Waals surface area contributed by atoms with Gasteiger partial charge in [-0.15, -0.1) is 0 Å². The molecule has 2 N–H and O–H groups in total.